The monoisotopic (exact) mass is 472 g/mol. The number of ether oxygens (including phenoxy) is 2. The van der Waals surface area contributed by atoms with Crippen LogP contribution in [0, 0.1) is 5.82 Å². The van der Waals surface area contributed by atoms with Crippen molar-refractivity contribution in [2.45, 2.75) is 37.1 Å². The first kappa shape index (κ1) is 24.3. The normalized spacial score (nSPS) is 19.5. The molecule has 1 amide bonds. The number of carbonyl (C=O) groups is 2. The predicted octanol–water partition coefficient (Wildman–Crippen LogP) is 2.49. The molecule has 1 atom stereocenters. The Kier molecular flexibility index (Phi) is 7.41. The minimum Gasteiger partial charge on any atom is -0.475 e. The Morgan fingerprint density at radius 2 is 1.88 bits per heavy atom. The first-order chi connectivity index (χ1) is 15.6. The van der Waals surface area contributed by atoms with E-state index in [0.717, 1.165) is 12.8 Å². The largest absolute Gasteiger partial charge is 0.490 e. The number of aliphatic carboxylic acids is 1. The summed E-state index contributed by atoms with van der Waals surface area (Å²) in [6.45, 7) is 1.61. The number of pyridine rings is 1. The number of hydrogen-bond donors (Lipinski definition) is 1. The Morgan fingerprint density at radius 3 is 2.45 bits per heavy atom. The van der Waals surface area contributed by atoms with E-state index < -0.39 is 18.0 Å². The molecule has 2 aromatic heterocycles. The van der Waals surface area contributed by atoms with Gasteiger partial charge >= 0.3 is 12.1 Å². The average Bonchev–Trinajstić information content (AvgIpc) is 3.18. The fraction of sp³-hybridized carbons (Fsp3) is 0.450. The number of nitrogens with zero attached hydrogens (tertiary/aromatic N) is 4. The topological polar surface area (TPSA) is 115 Å². The molecule has 1 unspecified atom stereocenters. The Morgan fingerprint density at radius 1 is 1.18 bits per heavy atom. The van der Waals surface area contributed by atoms with E-state index in [2.05, 4.69) is 15.2 Å². The lowest BCUT2D eigenvalue weighted by Crippen LogP contribution is -2.46. The minimum absolute atomic E-state index is 0.0101. The molecule has 13 heteroatoms. The Balaban J connectivity index is 0.000000383. The van der Waals surface area contributed by atoms with Crippen molar-refractivity contribution < 1.29 is 41.7 Å². The summed E-state index contributed by atoms with van der Waals surface area (Å²) in [5.41, 5.74) is 0.221. The van der Waals surface area contributed by atoms with Crippen molar-refractivity contribution in [1.29, 1.82) is 0 Å². The zero-order valence-electron chi connectivity index (χ0n) is 17.2. The van der Waals surface area contributed by atoms with Crippen LogP contribution in [0.15, 0.2) is 36.8 Å². The van der Waals surface area contributed by atoms with Gasteiger partial charge in [0.1, 0.15) is 6.10 Å². The summed E-state index contributed by atoms with van der Waals surface area (Å²) in [4.78, 5) is 27.1. The van der Waals surface area contributed by atoms with Crippen LogP contribution in [-0.2, 0) is 9.53 Å². The third-order valence-corrected chi connectivity index (χ3v) is 5.21. The smallest absolute Gasteiger partial charge is 0.475 e. The second kappa shape index (κ2) is 10.1. The molecule has 33 heavy (non-hydrogen) atoms. The fourth-order valence-corrected chi connectivity index (χ4v) is 3.56. The van der Waals surface area contributed by atoms with E-state index in [1.807, 2.05) is 0 Å². The molecule has 1 spiro atoms. The van der Waals surface area contributed by atoms with Gasteiger partial charge < -0.3 is 19.5 Å². The summed E-state index contributed by atoms with van der Waals surface area (Å²) in [5, 5.41) is 14.6. The van der Waals surface area contributed by atoms with Crippen molar-refractivity contribution >= 4 is 11.9 Å². The first-order valence-electron chi connectivity index (χ1n) is 9.87. The molecule has 0 bridgehead atoms. The number of alkyl halides is 3. The van der Waals surface area contributed by atoms with E-state index in [0.29, 0.717) is 31.7 Å². The van der Waals surface area contributed by atoms with Crippen molar-refractivity contribution in [2.24, 2.45) is 0 Å². The second-order valence-electron chi connectivity index (χ2n) is 7.45. The number of hydrogen-bond acceptors (Lipinski definition) is 7. The van der Waals surface area contributed by atoms with E-state index in [1.165, 1.54) is 30.7 Å². The van der Waals surface area contributed by atoms with E-state index in [4.69, 9.17) is 19.4 Å². The van der Waals surface area contributed by atoms with Gasteiger partial charge in [0.25, 0.3) is 11.8 Å². The maximum absolute atomic E-state index is 13.7. The number of piperidine rings is 1. The maximum Gasteiger partial charge on any atom is 0.490 e. The van der Waals surface area contributed by atoms with Crippen LogP contribution in [0.3, 0.4) is 0 Å². The number of aromatic nitrogens is 3. The number of carbonyl (C=O) groups excluding carboxylic acids is 1. The van der Waals surface area contributed by atoms with Crippen LogP contribution in [0.4, 0.5) is 17.6 Å². The Labute approximate surface area is 185 Å². The Hall–Kier alpha value is -3.35. The van der Waals surface area contributed by atoms with E-state index in [9.17, 15) is 22.4 Å². The van der Waals surface area contributed by atoms with E-state index in [1.54, 1.807) is 11.0 Å². The molecule has 4 heterocycles. The molecule has 2 saturated heterocycles. The summed E-state index contributed by atoms with van der Waals surface area (Å²) in [6.07, 6.45) is 1.29. The number of halogens is 4. The van der Waals surface area contributed by atoms with Crippen molar-refractivity contribution in [2.75, 3.05) is 19.7 Å². The van der Waals surface area contributed by atoms with Crippen LogP contribution in [-0.4, -0.2) is 74.6 Å². The van der Waals surface area contributed by atoms with Gasteiger partial charge in [-0.3, -0.25) is 4.79 Å². The SMILES string of the molecule is O=C(O)C(F)(F)F.O=C(c1ccnnc1)N1CCC2(CC1)CC(Oc1ncccc1F)CO2. The highest BCUT2D eigenvalue weighted by molar-refractivity contribution is 5.93. The van der Waals surface area contributed by atoms with Crippen LogP contribution >= 0.6 is 0 Å². The third-order valence-electron chi connectivity index (χ3n) is 5.21. The highest BCUT2D eigenvalue weighted by atomic mass is 19.4. The molecule has 0 radical (unpaired) electrons. The van der Waals surface area contributed by atoms with Gasteiger partial charge in [-0.05, 0) is 31.0 Å². The molecule has 0 aliphatic carbocycles. The van der Waals surface area contributed by atoms with E-state index >= 15 is 0 Å². The lowest BCUT2D eigenvalue weighted by molar-refractivity contribution is -0.192. The number of carboxylic acids is 1. The van der Waals surface area contributed by atoms with Crippen LogP contribution < -0.4 is 4.74 Å². The lowest BCUT2D eigenvalue weighted by Gasteiger charge is -2.38. The molecule has 2 aliphatic heterocycles. The molecule has 4 rings (SSSR count). The quantitative estimate of drug-likeness (QED) is 0.678. The van der Waals surface area contributed by atoms with Crippen LogP contribution in [0.25, 0.3) is 0 Å². The molecule has 178 valence electrons. The number of likely N-dealkylation sites (tertiary alicyclic amines) is 1. The minimum atomic E-state index is -5.08. The van der Waals surface area contributed by atoms with Gasteiger partial charge in [-0.15, -0.1) is 0 Å². The van der Waals surface area contributed by atoms with Gasteiger partial charge in [0.05, 0.1) is 30.2 Å². The standard InChI is InChI=1S/C18H19FN4O3.C2HF3O2/c19-15-2-1-6-20-16(15)26-14-10-18(25-12-14)4-8-23(9-5-18)17(24)13-3-7-21-22-11-13;3-2(4,5)1(6)7/h1-3,6-7,11,14H,4-5,8-10,12H2;(H,6,7). The highest BCUT2D eigenvalue weighted by Gasteiger charge is 2.44. The highest BCUT2D eigenvalue weighted by Crippen LogP contribution is 2.37. The van der Waals surface area contributed by atoms with Gasteiger partial charge in [-0.1, -0.05) is 0 Å². The van der Waals surface area contributed by atoms with Crippen LogP contribution in [0.1, 0.15) is 29.6 Å². The van der Waals surface area contributed by atoms with E-state index in [-0.39, 0.29) is 23.5 Å². The van der Waals surface area contributed by atoms with Gasteiger partial charge in [0.2, 0.25) is 0 Å². The molecule has 2 aliphatic rings. The summed E-state index contributed by atoms with van der Waals surface area (Å²) < 4.78 is 57.1. The number of rotatable bonds is 3. The molecular weight excluding hydrogens is 452 g/mol. The van der Waals surface area contributed by atoms with Gasteiger partial charge in [-0.2, -0.15) is 23.4 Å². The molecule has 2 fully saturated rings. The zero-order valence-corrected chi connectivity index (χ0v) is 17.2. The number of carboxylic acid groups (broad SMARTS) is 1. The van der Waals surface area contributed by atoms with Gasteiger partial charge in [0.15, 0.2) is 5.82 Å². The summed E-state index contributed by atoms with van der Waals surface area (Å²) in [7, 11) is 0. The van der Waals surface area contributed by atoms with Gasteiger partial charge in [0, 0.05) is 25.7 Å². The fourth-order valence-electron chi connectivity index (χ4n) is 3.56. The van der Waals surface area contributed by atoms with Crippen molar-refractivity contribution in [3.05, 3.63) is 48.2 Å². The molecule has 1 N–H and O–H groups in total. The Bertz CT molecular complexity index is 968. The number of amides is 1. The predicted molar refractivity (Wildman–Crippen MR) is 103 cm³/mol. The zero-order chi connectivity index (χ0) is 24.1. The summed E-state index contributed by atoms with van der Waals surface area (Å²) in [6, 6.07) is 4.52. The van der Waals surface area contributed by atoms with Crippen LogP contribution in [0.5, 0.6) is 5.88 Å². The van der Waals surface area contributed by atoms with Crippen molar-refractivity contribution in [3.63, 3.8) is 0 Å². The van der Waals surface area contributed by atoms with Crippen molar-refractivity contribution in [3.8, 4) is 5.88 Å². The van der Waals surface area contributed by atoms with Gasteiger partial charge in [-0.25, -0.2) is 14.2 Å². The maximum atomic E-state index is 13.7. The first-order valence-corrected chi connectivity index (χ1v) is 9.87. The molecule has 0 saturated carbocycles. The molecular formula is C20H20F4N4O5. The average molecular weight is 472 g/mol. The lowest BCUT2D eigenvalue weighted by atomic mass is 9.88. The second-order valence-corrected chi connectivity index (χ2v) is 7.45. The van der Waals surface area contributed by atoms with Crippen LogP contribution in [0.2, 0.25) is 0 Å². The molecule has 2 aromatic rings. The summed E-state index contributed by atoms with van der Waals surface area (Å²) >= 11 is 0. The third kappa shape index (κ3) is 6.34. The van der Waals surface area contributed by atoms with Crippen molar-refractivity contribution in [1.82, 2.24) is 20.1 Å². The molecule has 9 nitrogen and oxygen atoms in total. The summed E-state index contributed by atoms with van der Waals surface area (Å²) in [5.74, 6) is -3.26. The molecule has 0 aromatic carbocycles.